The summed E-state index contributed by atoms with van der Waals surface area (Å²) in [5.74, 6) is 0.329. The van der Waals surface area contributed by atoms with Crippen molar-refractivity contribution in [1.29, 1.82) is 0 Å². The molecule has 1 aliphatic heterocycles. The Hall–Kier alpha value is -1.78. The van der Waals surface area contributed by atoms with Gasteiger partial charge in [0.15, 0.2) is 0 Å². The van der Waals surface area contributed by atoms with E-state index in [2.05, 4.69) is 25.9 Å². The van der Waals surface area contributed by atoms with Crippen LogP contribution in [-0.2, 0) is 21.0 Å². The molecule has 0 radical (unpaired) electrons. The summed E-state index contributed by atoms with van der Waals surface area (Å²) in [5, 5.41) is 4.22. The molecule has 1 aliphatic carbocycles. The van der Waals surface area contributed by atoms with Crippen molar-refractivity contribution in [3.63, 3.8) is 0 Å². The Bertz CT molecular complexity index is 555. The predicted octanol–water partition coefficient (Wildman–Crippen LogP) is 3.29. The van der Waals surface area contributed by atoms with Crippen LogP contribution in [0.4, 0.5) is 0 Å². The number of oxime groups is 1. The monoisotopic (exact) mass is 291 g/mol. The average molecular weight is 291 g/mol. The Morgan fingerprint density at radius 1 is 1.52 bits per heavy atom. The number of hydrogen-bond acceptors (Lipinski definition) is 5. The van der Waals surface area contributed by atoms with Crippen molar-refractivity contribution in [2.45, 2.75) is 52.2 Å². The van der Waals surface area contributed by atoms with Crippen LogP contribution in [0.2, 0.25) is 0 Å². The van der Waals surface area contributed by atoms with Gasteiger partial charge in [0, 0.05) is 11.8 Å². The van der Waals surface area contributed by atoms with Gasteiger partial charge in [0.05, 0.1) is 17.9 Å². The third-order valence-electron chi connectivity index (χ3n) is 4.28. The highest BCUT2D eigenvalue weighted by molar-refractivity contribution is 5.99. The standard InChI is InChI=1S/C16H21NO4/c1-15(2,3)13-12-7-4-8-16(12,21-17-13)14(18)20-10-11-6-5-9-19-11/h5-6,9,12H,4,7-8,10H2,1-3H3. The molecule has 1 fully saturated rings. The summed E-state index contributed by atoms with van der Waals surface area (Å²) in [5.41, 5.74) is -0.0530. The van der Waals surface area contributed by atoms with Gasteiger partial charge in [0.1, 0.15) is 12.4 Å². The van der Waals surface area contributed by atoms with Crippen LogP contribution in [0.15, 0.2) is 28.0 Å². The van der Waals surface area contributed by atoms with E-state index in [1.165, 1.54) is 0 Å². The maximum atomic E-state index is 12.6. The maximum Gasteiger partial charge on any atom is 0.354 e. The van der Waals surface area contributed by atoms with Gasteiger partial charge in [-0.25, -0.2) is 4.79 Å². The van der Waals surface area contributed by atoms with Gasteiger partial charge in [0.25, 0.3) is 0 Å². The van der Waals surface area contributed by atoms with E-state index in [0.717, 1.165) is 18.6 Å². The van der Waals surface area contributed by atoms with E-state index in [4.69, 9.17) is 14.0 Å². The first-order chi connectivity index (χ1) is 9.93. The second-order valence-electron chi connectivity index (χ2n) is 6.81. The molecule has 2 atom stereocenters. The Kier molecular flexibility index (Phi) is 3.30. The van der Waals surface area contributed by atoms with Crippen LogP contribution in [0.5, 0.6) is 0 Å². The molecule has 2 aliphatic rings. The lowest BCUT2D eigenvalue weighted by atomic mass is 9.76. The van der Waals surface area contributed by atoms with E-state index in [9.17, 15) is 4.79 Å². The molecule has 1 aromatic heterocycles. The van der Waals surface area contributed by atoms with Gasteiger partial charge in [0.2, 0.25) is 5.60 Å². The number of furan rings is 1. The number of nitrogens with zero attached hydrogens (tertiary/aromatic N) is 1. The molecule has 0 N–H and O–H groups in total. The molecule has 114 valence electrons. The van der Waals surface area contributed by atoms with Crippen molar-refractivity contribution < 1.29 is 18.8 Å². The van der Waals surface area contributed by atoms with Crippen LogP contribution < -0.4 is 0 Å². The number of fused-ring (bicyclic) bond motifs is 1. The Balaban J connectivity index is 1.73. The Morgan fingerprint density at radius 2 is 2.33 bits per heavy atom. The minimum atomic E-state index is -0.921. The van der Waals surface area contributed by atoms with Gasteiger partial charge in [-0.15, -0.1) is 0 Å². The minimum absolute atomic E-state index is 0.0293. The number of rotatable bonds is 3. The summed E-state index contributed by atoms with van der Waals surface area (Å²) >= 11 is 0. The number of carbonyl (C=O) groups excluding carboxylic acids is 1. The van der Waals surface area contributed by atoms with Gasteiger partial charge >= 0.3 is 5.97 Å². The normalized spacial score (nSPS) is 28.0. The molecular weight excluding hydrogens is 270 g/mol. The van der Waals surface area contributed by atoms with E-state index >= 15 is 0 Å². The highest BCUT2D eigenvalue weighted by atomic mass is 16.7. The molecule has 2 unspecified atom stereocenters. The van der Waals surface area contributed by atoms with Crippen LogP contribution in [-0.4, -0.2) is 17.3 Å². The van der Waals surface area contributed by atoms with E-state index in [0.29, 0.717) is 12.2 Å². The molecule has 0 amide bonds. The highest BCUT2D eigenvalue weighted by Gasteiger charge is 2.60. The van der Waals surface area contributed by atoms with Gasteiger partial charge in [-0.05, 0) is 25.0 Å². The second-order valence-corrected chi connectivity index (χ2v) is 6.81. The molecule has 1 aromatic rings. The summed E-state index contributed by atoms with van der Waals surface area (Å²) in [4.78, 5) is 18.2. The fourth-order valence-corrected chi connectivity index (χ4v) is 3.23. The number of hydrogen-bond donors (Lipinski definition) is 0. The topological polar surface area (TPSA) is 61.0 Å². The van der Waals surface area contributed by atoms with Crippen molar-refractivity contribution in [1.82, 2.24) is 0 Å². The first-order valence-corrected chi connectivity index (χ1v) is 7.40. The van der Waals surface area contributed by atoms with Crippen molar-refractivity contribution in [2.24, 2.45) is 16.5 Å². The first kappa shape index (κ1) is 14.2. The average Bonchev–Trinajstić information content (AvgIpc) is 3.10. The zero-order valence-electron chi connectivity index (χ0n) is 12.7. The summed E-state index contributed by atoms with van der Waals surface area (Å²) in [7, 11) is 0. The van der Waals surface area contributed by atoms with Crippen LogP contribution in [0.25, 0.3) is 0 Å². The Morgan fingerprint density at radius 3 is 3.00 bits per heavy atom. The molecule has 0 saturated heterocycles. The number of esters is 1. The van der Waals surface area contributed by atoms with E-state index in [1.807, 2.05) is 0 Å². The molecule has 0 aromatic carbocycles. The predicted molar refractivity (Wildman–Crippen MR) is 76.6 cm³/mol. The first-order valence-electron chi connectivity index (χ1n) is 7.40. The van der Waals surface area contributed by atoms with Crippen molar-refractivity contribution in [3.05, 3.63) is 24.2 Å². The summed E-state index contributed by atoms with van der Waals surface area (Å²) in [6.45, 7) is 6.42. The minimum Gasteiger partial charge on any atom is -0.466 e. The molecule has 5 nitrogen and oxygen atoms in total. The van der Waals surface area contributed by atoms with E-state index < -0.39 is 5.60 Å². The number of ether oxygens (including phenoxy) is 1. The smallest absolute Gasteiger partial charge is 0.354 e. The fraction of sp³-hybridized carbons (Fsp3) is 0.625. The zero-order valence-corrected chi connectivity index (χ0v) is 12.7. The van der Waals surface area contributed by atoms with Gasteiger partial charge in [-0.2, -0.15) is 0 Å². The maximum absolute atomic E-state index is 12.6. The van der Waals surface area contributed by atoms with Crippen molar-refractivity contribution in [3.8, 4) is 0 Å². The SMILES string of the molecule is CC(C)(C)C1=NOC2(C(=O)OCc3ccco3)CCCC12. The largest absolute Gasteiger partial charge is 0.466 e. The fourth-order valence-electron chi connectivity index (χ4n) is 3.23. The molecule has 2 heterocycles. The lowest BCUT2D eigenvalue weighted by Gasteiger charge is -2.27. The van der Waals surface area contributed by atoms with Crippen LogP contribution in [0.1, 0.15) is 45.8 Å². The van der Waals surface area contributed by atoms with Crippen molar-refractivity contribution >= 4 is 11.7 Å². The summed E-state index contributed by atoms with van der Waals surface area (Å²) in [6.07, 6.45) is 4.10. The quantitative estimate of drug-likeness (QED) is 0.802. The van der Waals surface area contributed by atoms with Crippen LogP contribution >= 0.6 is 0 Å². The Labute approximate surface area is 124 Å². The molecule has 0 spiro atoms. The molecule has 5 heteroatoms. The third kappa shape index (κ3) is 2.34. The van der Waals surface area contributed by atoms with Gasteiger partial charge in [-0.3, -0.25) is 0 Å². The lowest BCUT2D eigenvalue weighted by Crippen LogP contribution is -2.45. The molecule has 0 bridgehead atoms. The molecular formula is C16H21NO4. The highest BCUT2D eigenvalue weighted by Crippen LogP contribution is 2.48. The zero-order chi connectivity index (χ0) is 15.1. The van der Waals surface area contributed by atoms with E-state index in [-0.39, 0.29) is 23.9 Å². The molecule has 21 heavy (non-hydrogen) atoms. The van der Waals surface area contributed by atoms with Crippen LogP contribution in [0.3, 0.4) is 0 Å². The number of carbonyl (C=O) groups is 1. The van der Waals surface area contributed by atoms with Crippen LogP contribution in [0, 0.1) is 11.3 Å². The molecule has 3 rings (SSSR count). The molecule has 1 saturated carbocycles. The second kappa shape index (κ2) is 4.90. The lowest BCUT2D eigenvalue weighted by molar-refractivity contribution is -0.173. The van der Waals surface area contributed by atoms with E-state index in [1.54, 1.807) is 18.4 Å². The third-order valence-corrected chi connectivity index (χ3v) is 4.28. The van der Waals surface area contributed by atoms with Gasteiger partial charge < -0.3 is 14.0 Å². The van der Waals surface area contributed by atoms with Gasteiger partial charge in [-0.1, -0.05) is 25.9 Å². The summed E-state index contributed by atoms with van der Waals surface area (Å²) < 4.78 is 10.6. The van der Waals surface area contributed by atoms with Crippen molar-refractivity contribution in [2.75, 3.05) is 0 Å². The summed E-state index contributed by atoms with van der Waals surface area (Å²) in [6, 6.07) is 3.55.